The minimum Gasteiger partial charge on any atom is -0.478 e. The highest BCUT2D eigenvalue weighted by Crippen LogP contribution is 2.46. The lowest BCUT2D eigenvalue weighted by Crippen LogP contribution is -2.40. The lowest BCUT2D eigenvalue weighted by atomic mass is 9.76. The third-order valence-electron chi connectivity index (χ3n) is 4.46. The number of carboxylic acid groups (broad SMARTS) is 1. The van der Waals surface area contributed by atoms with Crippen LogP contribution in [0.15, 0.2) is 47.3 Å². The molecule has 0 saturated heterocycles. The SMILES string of the molecule is N#Cc1cccc([C@@H]2C(C(=O)O)=CN(C(F)(F)F)C3=C2C(=O)CCC3)c1. The van der Waals surface area contributed by atoms with Gasteiger partial charge in [-0.1, -0.05) is 12.1 Å². The second-order valence-corrected chi connectivity index (χ2v) is 6.03. The van der Waals surface area contributed by atoms with Gasteiger partial charge in [0.1, 0.15) is 0 Å². The first kappa shape index (κ1) is 17.7. The number of hydrogen-bond donors (Lipinski definition) is 1. The van der Waals surface area contributed by atoms with E-state index < -0.39 is 29.5 Å². The Morgan fingerprint density at radius 3 is 2.65 bits per heavy atom. The van der Waals surface area contributed by atoms with Crippen molar-refractivity contribution in [1.29, 1.82) is 5.26 Å². The summed E-state index contributed by atoms with van der Waals surface area (Å²) in [6, 6.07) is 7.83. The summed E-state index contributed by atoms with van der Waals surface area (Å²) in [5.74, 6) is -3.18. The average Bonchev–Trinajstić information content (AvgIpc) is 2.59. The summed E-state index contributed by atoms with van der Waals surface area (Å²) in [6.45, 7) is 0. The molecule has 3 rings (SSSR count). The molecule has 26 heavy (non-hydrogen) atoms. The highest BCUT2D eigenvalue weighted by Gasteiger charge is 2.47. The van der Waals surface area contributed by atoms with E-state index in [1.54, 1.807) is 0 Å². The molecule has 0 amide bonds. The average molecular weight is 362 g/mol. The van der Waals surface area contributed by atoms with Gasteiger partial charge >= 0.3 is 12.3 Å². The van der Waals surface area contributed by atoms with E-state index in [0.29, 0.717) is 11.8 Å². The summed E-state index contributed by atoms with van der Waals surface area (Å²) in [4.78, 5) is 24.1. The van der Waals surface area contributed by atoms with Gasteiger partial charge in [-0.15, -0.1) is 13.2 Å². The lowest BCUT2D eigenvalue weighted by Gasteiger charge is -2.38. The van der Waals surface area contributed by atoms with Gasteiger partial charge in [0.15, 0.2) is 5.78 Å². The summed E-state index contributed by atoms with van der Waals surface area (Å²) in [7, 11) is 0. The van der Waals surface area contributed by atoms with E-state index in [0.717, 1.165) is 0 Å². The van der Waals surface area contributed by atoms with Crippen molar-refractivity contribution in [2.45, 2.75) is 31.5 Å². The number of alkyl halides is 3. The van der Waals surface area contributed by atoms with Gasteiger partial charge in [0, 0.05) is 29.8 Å². The van der Waals surface area contributed by atoms with Crippen LogP contribution in [0.3, 0.4) is 0 Å². The summed E-state index contributed by atoms with van der Waals surface area (Å²) in [5, 5.41) is 18.5. The van der Waals surface area contributed by atoms with Gasteiger partial charge in [-0.2, -0.15) is 5.26 Å². The molecule has 8 heteroatoms. The van der Waals surface area contributed by atoms with Crippen molar-refractivity contribution < 1.29 is 27.9 Å². The number of nitrogens with zero attached hydrogens (tertiary/aromatic N) is 2. The number of aliphatic carboxylic acids is 1. The minimum atomic E-state index is -4.83. The monoisotopic (exact) mass is 362 g/mol. The number of benzene rings is 1. The molecule has 0 aromatic heterocycles. The second-order valence-electron chi connectivity index (χ2n) is 6.03. The van der Waals surface area contributed by atoms with E-state index in [4.69, 9.17) is 5.26 Å². The zero-order chi connectivity index (χ0) is 19.1. The number of rotatable bonds is 2. The fourth-order valence-electron chi connectivity index (χ4n) is 3.41. The standard InChI is InChI=1S/C18H13F3N2O3/c19-18(20,21)23-9-12(17(25)26)15(11-4-1-3-10(7-11)8-22)16-13(23)5-2-6-14(16)24/h1,3-4,7,9,15H,2,5-6H2,(H,25,26)/t15-/m1/s1. The number of carbonyl (C=O) groups excluding carboxylic acids is 1. The number of allylic oxidation sites excluding steroid dienone is 2. The van der Waals surface area contributed by atoms with Gasteiger partial charge in [-0.3, -0.25) is 9.69 Å². The van der Waals surface area contributed by atoms with Crippen LogP contribution in [0.2, 0.25) is 0 Å². The molecule has 5 nitrogen and oxygen atoms in total. The molecule has 0 saturated carbocycles. The van der Waals surface area contributed by atoms with Crippen molar-refractivity contribution in [3.63, 3.8) is 0 Å². The third-order valence-corrected chi connectivity index (χ3v) is 4.46. The zero-order valence-electron chi connectivity index (χ0n) is 13.4. The Morgan fingerprint density at radius 2 is 2.04 bits per heavy atom. The van der Waals surface area contributed by atoms with Crippen LogP contribution >= 0.6 is 0 Å². The maximum atomic E-state index is 13.4. The van der Waals surface area contributed by atoms with Crippen molar-refractivity contribution in [2.75, 3.05) is 0 Å². The number of hydrogen-bond acceptors (Lipinski definition) is 4. The Balaban J connectivity index is 2.26. The molecule has 1 aromatic carbocycles. The van der Waals surface area contributed by atoms with Crippen LogP contribution in [0, 0.1) is 11.3 Å². The van der Waals surface area contributed by atoms with Crippen molar-refractivity contribution >= 4 is 11.8 Å². The van der Waals surface area contributed by atoms with E-state index in [2.05, 4.69) is 0 Å². The second kappa shape index (κ2) is 6.33. The molecule has 0 unspecified atom stereocenters. The van der Waals surface area contributed by atoms with E-state index >= 15 is 0 Å². The number of carbonyl (C=O) groups is 2. The van der Waals surface area contributed by atoms with Crippen LogP contribution in [-0.4, -0.2) is 28.1 Å². The number of carboxylic acids is 1. The normalized spacial score (nSPS) is 20.4. The van der Waals surface area contributed by atoms with Crippen molar-refractivity contribution in [2.24, 2.45) is 0 Å². The smallest absolute Gasteiger partial charge is 0.478 e. The van der Waals surface area contributed by atoms with Crippen LogP contribution in [-0.2, 0) is 9.59 Å². The first-order valence-corrected chi connectivity index (χ1v) is 7.81. The maximum Gasteiger partial charge on any atom is 0.488 e. The van der Waals surface area contributed by atoms with Crippen LogP contribution in [0.4, 0.5) is 13.2 Å². The van der Waals surface area contributed by atoms with Crippen LogP contribution < -0.4 is 0 Å². The molecule has 0 fully saturated rings. The molecule has 134 valence electrons. The Hall–Kier alpha value is -3.08. The predicted molar refractivity (Wildman–Crippen MR) is 83.4 cm³/mol. The Kier molecular flexibility index (Phi) is 4.32. The van der Waals surface area contributed by atoms with Crippen molar-refractivity contribution in [1.82, 2.24) is 4.90 Å². The van der Waals surface area contributed by atoms with Crippen LogP contribution in [0.1, 0.15) is 36.3 Å². The first-order chi connectivity index (χ1) is 12.2. The highest BCUT2D eigenvalue weighted by molar-refractivity contribution is 6.03. The van der Waals surface area contributed by atoms with Crippen LogP contribution in [0.5, 0.6) is 0 Å². The molecular formula is C18H13F3N2O3. The maximum absolute atomic E-state index is 13.4. The molecule has 0 bridgehead atoms. The van der Waals surface area contributed by atoms with Crippen LogP contribution in [0.25, 0.3) is 0 Å². The summed E-state index contributed by atoms with van der Waals surface area (Å²) in [5.41, 5.74) is -0.376. The molecule has 1 N–H and O–H groups in total. The van der Waals surface area contributed by atoms with Crippen molar-refractivity contribution in [3.05, 3.63) is 58.4 Å². The van der Waals surface area contributed by atoms with Crippen molar-refractivity contribution in [3.8, 4) is 6.07 Å². The predicted octanol–water partition coefficient (Wildman–Crippen LogP) is 3.45. The summed E-state index contributed by atoms with van der Waals surface area (Å²) >= 11 is 0. The third kappa shape index (κ3) is 2.96. The zero-order valence-corrected chi connectivity index (χ0v) is 13.4. The van der Waals surface area contributed by atoms with Gasteiger partial charge in [0.05, 0.1) is 17.2 Å². The molecule has 1 aromatic rings. The quantitative estimate of drug-likeness (QED) is 0.815. The molecule has 1 aliphatic carbocycles. The van der Waals surface area contributed by atoms with Gasteiger partial charge in [0.25, 0.3) is 0 Å². The highest BCUT2D eigenvalue weighted by atomic mass is 19.4. The molecule has 0 spiro atoms. The Bertz CT molecular complexity index is 894. The number of ketones is 1. The summed E-state index contributed by atoms with van der Waals surface area (Å²) in [6.07, 6.45) is -3.93. The molecule has 0 radical (unpaired) electrons. The number of nitriles is 1. The molecule has 1 atom stereocenters. The van der Waals surface area contributed by atoms with E-state index in [1.165, 1.54) is 24.3 Å². The summed E-state index contributed by atoms with van der Waals surface area (Å²) < 4.78 is 40.3. The first-order valence-electron chi connectivity index (χ1n) is 7.81. The molecule has 1 aliphatic heterocycles. The van der Waals surface area contributed by atoms with E-state index in [9.17, 15) is 27.9 Å². The van der Waals surface area contributed by atoms with Gasteiger partial charge in [-0.25, -0.2) is 4.79 Å². The van der Waals surface area contributed by atoms with Gasteiger partial charge in [0.2, 0.25) is 0 Å². The van der Waals surface area contributed by atoms with E-state index in [1.807, 2.05) is 6.07 Å². The Morgan fingerprint density at radius 1 is 1.31 bits per heavy atom. The molecule has 1 heterocycles. The fraction of sp³-hybridized carbons (Fsp3) is 0.278. The largest absolute Gasteiger partial charge is 0.488 e. The molecular weight excluding hydrogens is 349 g/mol. The number of Topliss-reactive ketones (excluding diaryl/α,β-unsaturated/α-hetero) is 1. The van der Waals surface area contributed by atoms with E-state index in [-0.39, 0.29) is 41.0 Å². The van der Waals surface area contributed by atoms with Gasteiger partial charge in [-0.05, 0) is 30.5 Å². The molecule has 2 aliphatic rings. The van der Waals surface area contributed by atoms with Gasteiger partial charge < -0.3 is 5.11 Å². The Labute approximate surface area is 146 Å². The number of halogens is 3. The fourth-order valence-corrected chi connectivity index (χ4v) is 3.41. The topological polar surface area (TPSA) is 81.4 Å². The lowest BCUT2D eigenvalue weighted by molar-refractivity contribution is -0.217. The minimum absolute atomic E-state index is 0.0262.